The van der Waals surface area contributed by atoms with Crippen LogP contribution in [0.2, 0.25) is 0 Å². The van der Waals surface area contributed by atoms with Crippen LogP contribution in [0.5, 0.6) is 17.2 Å². The fourth-order valence-electron chi connectivity index (χ4n) is 5.89. The van der Waals surface area contributed by atoms with E-state index in [1.165, 1.54) is 7.11 Å². The molecule has 0 radical (unpaired) electrons. The maximum atomic E-state index is 11.3. The average Bonchev–Trinajstić information content (AvgIpc) is 2.97. The molecular formula is C28H38O14. The van der Waals surface area contributed by atoms with Gasteiger partial charge in [0.05, 0.1) is 37.9 Å². The van der Waals surface area contributed by atoms with E-state index >= 15 is 0 Å². The van der Waals surface area contributed by atoms with Crippen LogP contribution < -0.4 is 9.47 Å². The Morgan fingerprint density at radius 2 is 1.48 bits per heavy atom. The van der Waals surface area contributed by atoms with Crippen molar-refractivity contribution in [1.29, 1.82) is 0 Å². The van der Waals surface area contributed by atoms with Gasteiger partial charge < -0.3 is 69.3 Å². The second-order valence-corrected chi connectivity index (χ2v) is 10.9. The Balaban J connectivity index is 1.45. The summed E-state index contributed by atoms with van der Waals surface area (Å²) in [4.78, 5) is 0. The van der Waals surface area contributed by atoms with Crippen molar-refractivity contribution < 1.29 is 69.3 Å². The van der Waals surface area contributed by atoms with Gasteiger partial charge in [0.25, 0.3) is 0 Å². The zero-order chi connectivity index (χ0) is 30.5. The first kappa shape index (κ1) is 31.1. The number of fused-ring (bicyclic) bond motifs is 2. The number of phenols is 1. The summed E-state index contributed by atoms with van der Waals surface area (Å²) in [7, 11) is 1.46. The predicted molar refractivity (Wildman–Crippen MR) is 142 cm³/mol. The lowest BCUT2D eigenvalue weighted by Gasteiger charge is -2.43. The Labute approximate surface area is 241 Å². The molecule has 5 rings (SSSR count). The second-order valence-electron chi connectivity index (χ2n) is 10.9. The van der Waals surface area contributed by atoms with E-state index in [1.807, 2.05) is 6.92 Å². The first-order chi connectivity index (χ1) is 20.0. The van der Waals surface area contributed by atoms with E-state index in [4.69, 9.17) is 28.4 Å². The van der Waals surface area contributed by atoms with Gasteiger partial charge in [-0.25, -0.2) is 0 Å². The molecule has 2 saturated heterocycles. The largest absolute Gasteiger partial charge is 0.507 e. The van der Waals surface area contributed by atoms with Crippen molar-refractivity contribution in [2.45, 2.75) is 93.9 Å². The molecule has 0 bridgehead atoms. The van der Waals surface area contributed by atoms with E-state index in [9.17, 15) is 40.9 Å². The lowest BCUT2D eigenvalue weighted by molar-refractivity contribution is -0.323. The van der Waals surface area contributed by atoms with Crippen LogP contribution in [0.4, 0.5) is 0 Å². The van der Waals surface area contributed by atoms with E-state index < -0.39 is 80.7 Å². The lowest BCUT2D eigenvalue weighted by atomic mass is 9.89. The minimum Gasteiger partial charge on any atom is -0.507 e. The van der Waals surface area contributed by atoms with Gasteiger partial charge in [0, 0.05) is 22.9 Å². The van der Waals surface area contributed by atoms with E-state index in [1.54, 1.807) is 25.1 Å². The molecule has 234 valence electrons. The highest BCUT2D eigenvalue weighted by Crippen LogP contribution is 2.50. The molecule has 14 heteroatoms. The Hall–Kier alpha value is -2.34. The molecular weight excluding hydrogens is 560 g/mol. The number of benzene rings is 2. The van der Waals surface area contributed by atoms with E-state index in [-0.39, 0.29) is 17.6 Å². The summed E-state index contributed by atoms with van der Waals surface area (Å²) in [6.45, 7) is 2.50. The fraction of sp³-hybridized carbons (Fsp3) is 0.643. The van der Waals surface area contributed by atoms with Crippen LogP contribution in [0.15, 0.2) is 18.2 Å². The van der Waals surface area contributed by atoms with Crippen molar-refractivity contribution in [1.82, 2.24) is 0 Å². The zero-order valence-electron chi connectivity index (χ0n) is 23.3. The van der Waals surface area contributed by atoms with Crippen molar-refractivity contribution in [3.8, 4) is 17.2 Å². The van der Waals surface area contributed by atoms with Gasteiger partial charge in [0.15, 0.2) is 6.29 Å². The predicted octanol–water partition coefficient (Wildman–Crippen LogP) is -1.42. The van der Waals surface area contributed by atoms with Crippen molar-refractivity contribution in [3.05, 3.63) is 29.3 Å². The van der Waals surface area contributed by atoms with Crippen LogP contribution in [0.25, 0.3) is 10.8 Å². The summed E-state index contributed by atoms with van der Waals surface area (Å²) in [6, 6.07) is 5.09. The van der Waals surface area contributed by atoms with E-state index in [2.05, 4.69) is 0 Å². The third kappa shape index (κ3) is 5.42. The van der Waals surface area contributed by atoms with Crippen LogP contribution in [0.3, 0.4) is 0 Å². The highest BCUT2D eigenvalue weighted by atomic mass is 16.7. The van der Waals surface area contributed by atoms with Crippen LogP contribution >= 0.6 is 0 Å². The normalized spacial score (nSPS) is 38.7. The summed E-state index contributed by atoms with van der Waals surface area (Å²) in [5.74, 6) is 0.602. The van der Waals surface area contributed by atoms with E-state index in [0.717, 1.165) is 0 Å². The Kier molecular flexibility index (Phi) is 9.14. The molecule has 8 N–H and O–H groups in total. The second kappa shape index (κ2) is 12.3. The van der Waals surface area contributed by atoms with Gasteiger partial charge in [-0.2, -0.15) is 0 Å². The SMILES string of the molecule is COc1cccc2c(O[C@@H]3O[C@H](CO[C@H]4O[C@H](CO)[C@@H](O)[C@H](O)[C@H]4O)[C@@H](O)[C@H](O)[C@H]3O)c3c(c(O)c12)[C@@H](C)O[C@H](C)C3. The number of rotatable bonds is 7. The highest BCUT2D eigenvalue weighted by Gasteiger charge is 2.48. The zero-order valence-corrected chi connectivity index (χ0v) is 23.3. The van der Waals surface area contributed by atoms with Crippen LogP contribution in [0.1, 0.15) is 31.1 Å². The number of methoxy groups -OCH3 is 1. The van der Waals surface area contributed by atoms with Crippen molar-refractivity contribution in [2.75, 3.05) is 20.3 Å². The van der Waals surface area contributed by atoms with Gasteiger partial charge in [-0.05, 0) is 19.9 Å². The first-order valence-electron chi connectivity index (χ1n) is 13.8. The number of hydrogen-bond acceptors (Lipinski definition) is 14. The van der Waals surface area contributed by atoms with Crippen molar-refractivity contribution in [3.63, 3.8) is 0 Å². The molecule has 0 amide bonds. The Morgan fingerprint density at radius 1 is 0.833 bits per heavy atom. The molecule has 3 aliphatic rings. The fourth-order valence-corrected chi connectivity index (χ4v) is 5.89. The third-order valence-electron chi connectivity index (χ3n) is 8.09. The smallest absolute Gasteiger partial charge is 0.229 e. The first-order valence-corrected chi connectivity index (χ1v) is 13.8. The number of aliphatic hydroxyl groups is 7. The Bertz CT molecular complexity index is 1260. The topological polar surface area (TPSA) is 217 Å². The van der Waals surface area contributed by atoms with Gasteiger partial charge >= 0.3 is 0 Å². The number of aromatic hydroxyl groups is 1. The summed E-state index contributed by atoms with van der Waals surface area (Å²) < 4.78 is 34.4. The number of phenolic OH excluding ortho intramolecular Hbond substituents is 1. The molecule has 0 unspecified atom stereocenters. The summed E-state index contributed by atoms with van der Waals surface area (Å²) in [5, 5.41) is 84.0. The van der Waals surface area contributed by atoms with Crippen LogP contribution in [0, 0.1) is 0 Å². The summed E-state index contributed by atoms with van der Waals surface area (Å²) >= 11 is 0. The lowest BCUT2D eigenvalue weighted by Crippen LogP contribution is -2.62. The molecule has 3 aliphatic heterocycles. The van der Waals surface area contributed by atoms with Gasteiger partial charge in [-0.3, -0.25) is 0 Å². The number of hydrogen-bond donors (Lipinski definition) is 8. The highest BCUT2D eigenvalue weighted by molar-refractivity contribution is 6.00. The molecule has 42 heavy (non-hydrogen) atoms. The van der Waals surface area contributed by atoms with E-state index in [0.29, 0.717) is 34.1 Å². The van der Waals surface area contributed by atoms with Gasteiger partial charge in [0.1, 0.15) is 66.1 Å². The maximum absolute atomic E-state index is 11.3. The molecule has 0 spiro atoms. The molecule has 0 saturated carbocycles. The summed E-state index contributed by atoms with van der Waals surface area (Å²) in [5.41, 5.74) is 1.10. The van der Waals surface area contributed by atoms with Gasteiger partial charge in [-0.15, -0.1) is 0 Å². The minimum absolute atomic E-state index is 0.0319. The van der Waals surface area contributed by atoms with Crippen LogP contribution in [-0.4, -0.2) is 129 Å². The molecule has 2 fully saturated rings. The molecule has 14 nitrogen and oxygen atoms in total. The maximum Gasteiger partial charge on any atom is 0.229 e. The molecule has 12 atom stereocenters. The molecule has 0 aliphatic carbocycles. The standard InChI is InChI=1S/C28H38O14/c1-10-7-13-17(11(2)39-10)21(32)18-12(5-4-6-14(18)37-3)26(13)42-28-25(36)23(34)20(31)16(41-28)9-38-27-24(35)22(33)19(30)15(8-29)40-27/h4-6,10-11,15-16,19-20,22-25,27-36H,7-9H2,1-3H3/t10-,11-,15-,16-,19-,20-,22+,23+,24-,25-,27+,28+/m1/s1. The quantitative estimate of drug-likeness (QED) is 0.184. The number of aliphatic hydroxyl groups excluding tert-OH is 7. The van der Waals surface area contributed by atoms with Gasteiger partial charge in [0.2, 0.25) is 6.29 Å². The number of ether oxygens (including phenoxy) is 6. The minimum atomic E-state index is -1.73. The molecule has 2 aromatic carbocycles. The third-order valence-corrected chi connectivity index (χ3v) is 8.09. The van der Waals surface area contributed by atoms with Gasteiger partial charge in [-0.1, -0.05) is 12.1 Å². The van der Waals surface area contributed by atoms with Crippen LogP contribution in [-0.2, 0) is 25.4 Å². The Morgan fingerprint density at radius 3 is 2.14 bits per heavy atom. The summed E-state index contributed by atoms with van der Waals surface area (Å²) in [6.07, 6.45) is -16.0. The molecule has 2 aromatic rings. The van der Waals surface area contributed by atoms with Crippen molar-refractivity contribution in [2.24, 2.45) is 0 Å². The van der Waals surface area contributed by atoms with Crippen molar-refractivity contribution >= 4 is 10.8 Å². The molecule has 0 aromatic heterocycles. The molecule has 3 heterocycles. The average molecular weight is 599 g/mol. The monoisotopic (exact) mass is 598 g/mol.